The first-order valence-corrected chi connectivity index (χ1v) is 9.81. The standard InChI is InChI=1S/C23H24N2O6/c1-5-24-23(26)19-18(16(11-25-19)13-6-8-14(27-2)9-7-13)15-10-17(28-3)21-22(20(15)29-4)31-12-30-21/h6-11,25H,5,12H2,1-4H3,(H,24,26). The zero-order valence-electron chi connectivity index (χ0n) is 17.8. The minimum atomic E-state index is -0.226. The van der Waals surface area contributed by atoms with E-state index in [4.69, 9.17) is 23.7 Å². The number of hydrogen-bond acceptors (Lipinski definition) is 6. The fourth-order valence-electron chi connectivity index (χ4n) is 3.68. The maximum Gasteiger partial charge on any atom is 0.268 e. The largest absolute Gasteiger partial charge is 0.497 e. The van der Waals surface area contributed by atoms with E-state index < -0.39 is 0 Å². The van der Waals surface area contributed by atoms with Gasteiger partial charge in [-0.3, -0.25) is 4.79 Å². The fourth-order valence-corrected chi connectivity index (χ4v) is 3.68. The molecule has 1 aliphatic rings. The SMILES string of the molecule is CCNC(=O)c1[nH]cc(-c2ccc(OC)cc2)c1-c1cc(OC)c2c(c1OC)OCO2. The molecule has 0 bridgehead atoms. The Kier molecular flexibility index (Phi) is 5.62. The molecule has 1 aromatic heterocycles. The maximum absolute atomic E-state index is 12.9. The minimum Gasteiger partial charge on any atom is -0.497 e. The highest BCUT2D eigenvalue weighted by molar-refractivity contribution is 6.05. The van der Waals surface area contributed by atoms with Gasteiger partial charge in [0.15, 0.2) is 11.5 Å². The molecule has 0 saturated carbocycles. The Morgan fingerprint density at radius 3 is 2.42 bits per heavy atom. The molecule has 0 saturated heterocycles. The number of H-pyrrole nitrogens is 1. The Morgan fingerprint density at radius 1 is 1.03 bits per heavy atom. The van der Waals surface area contributed by atoms with Gasteiger partial charge in [0.05, 0.1) is 21.3 Å². The molecule has 0 unspecified atom stereocenters. The lowest BCUT2D eigenvalue weighted by Gasteiger charge is -2.16. The van der Waals surface area contributed by atoms with E-state index in [9.17, 15) is 4.79 Å². The highest BCUT2D eigenvalue weighted by Gasteiger charge is 2.31. The van der Waals surface area contributed by atoms with Crippen LogP contribution >= 0.6 is 0 Å². The molecule has 2 aromatic carbocycles. The molecule has 0 radical (unpaired) electrons. The molecule has 1 aliphatic heterocycles. The molecule has 162 valence electrons. The third kappa shape index (κ3) is 3.50. The van der Waals surface area contributed by atoms with Crippen molar-refractivity contribution in [1.29, 1.82) is 0 Å². The number of aromatic nitrogens is 1. The molecule has 1 amide bonds. The smallest absolute Gasteiger partial charge is 0.268 e. The van der Waals surface area contributed by atoms with Crippen molar-refractivity contribution in [3.05, 3.63) is 42.2 Å². The van der Waals surface area contributed by atoms with Crippen molar-refractivity contribution in [2.45, 2.75) is 6.92 Å². The van der Waals surface area contributed by atoms with Gasteiger partial charge in [-0.05, 0) is 30.7 Å². The highest BCUT2D eigenvalue weighted by Crippen LogP contribution is 2.54. The van der Waals surface area contributed by atoms with Crippen molar-refractivity contribution in [2.24, 2.45) is 0 Å². The summed E-state index contributed by atoms with van der Waals surface area (Å²) in [6.45, 7) is 2.43. The second-order valence-corrected chi connectivity index (χ2v) is 6.76. The molecule has 0 fully saturated rings. The Morgan fingerprint density at radius 2 is 1.77 bits per heavy atom. The van der Waals surface area contributed by atoms with Crippen LogP contribution in [-0.4, -0.2) is 45.6 Å². The molecule has 8 heteroatoms. The molecule has 31 heavy (non-hydrogen) atoms. The number of fused-ring (bicyclic) bond motifs is 1. The van der Waals surface area contributed by atoms with Crippen LogP contribution < -0.4 is 29.0 Å². The van der Waals surface area contributed by atoms with Crippen LogP contribution in [0.25, 0.3) is 22.3 Å². The van der Waals surface area contributed by atoms with Crippen molar-refractivity contribution >= 4 is 5.91 Å². The van der Waals surface area contributed by atoms with E-state index in [0.29, 0.717) is 46.4 Å². The summed E-state index contributed by atoms with van der Waals surface area (Å²) in [5.41, 5.74) is 3.46. The number of carbonyl (C=O) groups excluding carboxylic acids is 1. The summed E-state index contributed by atoms with van der Waals surface area (Å²) in [5.74, 6) is 2.40. The lowest BCUT2D eigenvalue weighted by Crippen LogP contribution is -2.23. The molecular weight excluding hydrogens is 400 g/mol. The number of carbonyl (C=O) groups is 1. The van der Waals surface area contributed by atoms with Crippen LogP contribution in [0, 0.1) is 0 Å². The number of methoxy groups -OCH3 is 3. The molecular formula is C23H24N2O6. The predicted octanol–water partition coefficient (Wildman–Crippen LogP) is 3.85. The topological polar surface area (TPSA) is 91.0 Å². The first kappa shape index (κ1) is 20.5. The van der Waals surface area contributed by atoms with Gasteiger partial charge in [0, 0.05) is 29.4 Å². The van der Waals surface area contributed by atoms with Gasteiger partial charge < -0.3 is 34.0 Å². The van der Waals surface area contributed by atoms with Gasteiger partial charge >= 0.3 is 0 Å². The Bertz CT molecular complexity index is 1100. The van der Waals surface area contributed by atoms with Crippen LogP contribution in [0.15, 0.2) is 36.5 Å². The number of nitrogens with one attached hydrogen (secondary N) is 2. The lowest BCUT2D eigenvalue weighted by molar-refractivity contribution is 0.0952. The number of rotatable bonds is 7. The number of ether oxygens (including phenoxy) is 5. The van der Waals surface area contributed by atoms with E-state index in [1.165, 1.54) is 0 Å². The molecule has 3 aromatic rings. The minimum absolute atomic E-state index is 0.0627. The van der Waals surface area contributed by atoms with Crippen LogP contribution in [0.5, 0.6) is 28.7 Å². The normalized spacial score (nSPS) is 11.9. The van der Waals surface area contributed by atoms with Gasteiger partial charge in [0.1, 0.15) is 11.4 Å². The highest BCUT2D eigenvalue weighted by atomic mass is 16.7. The monoisotopic (exact) mass is 424 g/mol. The van der Waals surface area contributed by atoms with Gasteiger partial charge in [-0.15, -0.1) is 0 Å². The van der Waals surface area contributed by atoms with Gasteiger partial charge in [0.25, 0.3) is 5.91 Å². The Labute approximate surface area is 180 Å². The summed E-state index contributed by atoms with van der Waals surface area (Å²) in [7, 11) is 4.73. The summed E-state index contributed by atoms with van der Waals surface area (Å²) < 4.78 is 27.7. The summed E-state index contributed by atoms with van der Waals surface area (Å²) in [4.78, 5) is 16.0. The lowest BCUT2D eigenvalue weighted by atomic mass is 9.94. The van der Waals surface area contributed by atoms with E-state index in [0.717, 1.165) is 16.9 Å². The van der Waals surface area contributed by atoms with E-state index >= 15 is 0 Å². The summed E-state index contributed by atoms with van der Waals surface area (Å²) in [6, 6.07) is 9.41. The third-order valence-corrected chi connectivity index (χ3v) is 5.10. The number of hydrogen-bond donors (Lipinski definition) is 2. The Balaban J connectivity index is 1.98. The van der Waals surface area contributed by atoms with Crippen molar-refractivity contribution < 1.29 is 28.5 Å². The second-order valence-electron chi connectivity index (χ2n) is 6.76. The molecule has 4 rings (SSSR count). The van der Waals surface area contributed by atoms with Crippen molar-refractivity contribution in [1.82, 2.24) is 10.3 Å². The first-order chi connectivity index (χ1) is 15.1. The summed E-state index contributed by atoms with van der Waals surface area (Å²) >= 11 is 0. The maximum atomic E-state index is 12.9. The molecule has 2 N–H and O–H groups in total. The van der Waals surface area contributed by atoms with E-state index in [1.807, 2.05) is 31.2 Å². The van der Waals surface area contributed by atoms with Crippen LogP contribution in [0.3, 0.4) is 0 Å². The van der Waals surface area contributed by atoms with E-state index in [1.54, 1.807) is 33.6 Å². The van der Waals surface area contributed by atoms with Crippen molar-refractivity contribution in [3.63, 3.8) is 0 Å². The van der Waals surface area contributed by atoms with Crippen LogP contribution in [0.4, 0.5) is 0 Å². The zero-order valence-corrected chi connectivity index (χ0v) is 17.8. The Hall–Kier alpha value is -3.81. The average molecular weight is 424 g/mol. The number of benzene rings is 2. The molecule has 8 nitrogen and oxygen atoms in total. The number of amides is 1. The van der Waals surface area contributed by atoms with Crippen molar-refractivity contribution in [2.75, 3.05) is 34.7 Å². The third-order valence-electron chi connectivity index (χ3n) is 5.10. The summed E-state index contributed by atoms with van der Waals surface area (Å²) in [6.07, 6.45) is 1.80. The molecule has 2 heterocycles. The quantitative estimate of drug-likeness (QED) is 0.599. The molecule has 0 atom stereocenters. The van der Waals surface area contributed by atoms with Gasteiger partial charge in [-0.25, -0.2) is 0 Å². The number of aromatic amines is 1. The average Bonchev–Trinajstić information content (AvgIpc) is 3.46. The van der Waals surface area contributed by atoms with Crippen LogP contribution in [-0.2, 0) is 0 Å². The molecule has 0 aliphatic carbocycles. The van der Waals surface area contributed by atoms with E-state index in [-0.39, 0.29) is 12.7 Å². The van der Waals surface area contributed by atoms with Gasteiger partial charge in [-0.2, -0.15) is 0 Å². The van der Waals surface area contributed by atoms with Gasteiger partial charge in [-0.1, -0.05) is 12.1 Å². The van der Waals surface area contributed by atoms with Crippen molar-refractivity contribution in [3.8, 4) is 51.0 Å². The zero-order chi connectivity index (χ0) is 22.0. The molecule has 0 spiro atoms. The van der Waals surface area contributed by atoms with Crippen LogP contribution in [0.1, 0.15) is 17.4 Å². The summed E-state index contributed by atoms with van der Waals surface area (Å²) in [5, 5.41) is 2.86. The van der Waals surface area contributed by atoms with E-state index in [2.05, 4.69) is 10.3 Å². The fraction of sp³-hybridized carbons (Fsp3) is 0.261. The second kappa shape index (κ2) is 8.51. The predicted molar refractivity (Wildman–Crippen MR) is 115 cm³/mol. The van der Waals surface area contributed by atoms with Gasteiger partial charge in [0.2, 0.25) is 18.3 Å². The van der Waals surface area contributed by atoms with Crippen LogP contribution in [0.2, 0.25) is 0 Å². The first-order valence-electron chi connectivity index (χ1n) is 9.81.